The zero-order valence-electron chi connectivity index (χ0n) is 21.9. The van der Waals surface area contributed by atoms with Crippen LogP contribution < -0.4 is 26.6 Å². The molecule has 0 atom stereocenters. The molecule has 0 saturated carbocycles. The van der Waals surface area contributed by atoms with Crippen LogP contribution in [0.15, 0.2) is 83.0 Å². The average Bonchev–Trinajstić information content (AvgIpc) is 3.72. The Labute approximate surface area is 235 Å². The Morgan fingerprint density at radius 3 is 2.36 bits per heavy atom. The molecule has 5 aromatic rings. The van der Waals surface area contributed by atoms with E-state index in [1.807, 2.05) is 43.3 Å². The van der Waals surface area contributed by atoms with Crippen molar-refractivity contribution in [3.8, 4) is 0 Å². The maximum Gasteiger partial charge on any atom is 0.166 e. The summed E-state index contributed by atoms with van der Waals surface area (Å²) in [4.78, 5) is 2.46. The second kappa shape index (κ2) is 11.3. The second-order valence-corrected chi connectivity index (χ2v) is 11.4. The molecule has 6 rings (SSSR count). The molecule has 0 aliphatic carbocycles. The Morgan fingerprint density at radius 1 is 0.769 bits per heavy atom. The largest absolute Gasteiger partial charge is 0.363 e. The third kappa shape index (κ3) is 5.81. The molecule has 1 fully saturated rings. The monoisotopic (exact) mass is 554 g/mol. The van der Waals surface area contributed by atoms with Crippen molar-refractivity contribution in [1.29, 1.82) is 0 Å². The Bertz CT molecular complexity index is 1620. The van der Waals surface area contributed by atoms with Crippen molar-refractivity contribution in [2.75, 3.05) is 39.7 Å². The molecule has 3 aromatic carbocycles. The number of anilines is 5. The predicted molar refractivity (Wildman–Crippen MR) is 166 cm³/mol. The summed E-state index contributed by atoms with van der Waals surface area (Å²) < 4.78 is 4.43. The van der Waals surface area contributed by atoms with Gasteiger partial charge in [0.2, 0.25) is 0 Å². The summed E-state index contributed by atoms with van der Waals surface area (Å²) in [7, 11) is 0. The molecule has 0 unspecified atom stereocenters. The Balaban J connectivity index is 1.04. The molecule has 2 aromatic heterocycles. The van der Waals surface area contributed by atoms with Crippen molar-refractivity contribution in [2.24, 2.45) is 10.2 Å². The lowest BCUT2D eigenvalue weighted by molar-refractivity contribution is 0.949. The summed E-state index contributed by atoms with van der Waals surface area (Å²) in [5.41, 5.74) is 20.2. The first-order valence-electron chi connectivity index (χ1n) is 13.0. The van der Waals surface area contributed by atoms with Crippen LogP contribution in [0.3, 0.4) is 0 Å². The highest BCUT2D eigenvalue weighted by molar-refractivity contribution is 7.20. The van der Waals surface area contributed by atoms with Crippen LogP contribution in [0.1, 0.15) is 24.0 Å². The first-order valence-corrected chi connectivity index (χ1v) is 14.6. The quantitative estimate of drug-likeness (QED) is 0.107. The minimum Gasteiger partial charge on any atom is -0.363 e. The number of hydrogen-bond acceptors (Lipinski definition) is 10. The van der Waals surface area contributed by atoms with E-state index in [1.54, 1.807) is 11.3 Å². The number of hydrogen-bond donors (Lipinski definition) is 4. The minimum atomic E-state index is 0.819. The van der Waals surface area contributed by atoms with E-state index in [4.69, 9.17) is 0 Å². The van der Waals surface area contributed by atoms with Crippen molar-refractivity contribution in [3.63, 3.8) is 0 Å². The van der Waals surface area contributed by atoms with Gasteiger partial charge in [-0.3, -0.25) is 5.43 Å². The van der Waals surface area contributed by atoms with Crippen LogP contribution in [0.25, 0.3) is 10.9 Å². The fourth-order valence-corrected chi connectivity index (χ4v) is 6.15. The molecule has 0 amide bonds. The lowest BCUT2D eigenvalue weighted by Crippen LogP contribution is -2.15. The van der Waals surface area contributed by atoms with Crippen molar-refractivity contribution in [3.05, 3.63) is 83.9 Å². The van der Waals surface area contributed by atoms with Gasteiger partial charge in [-0.05, 0) is 110 Å². The zero-order chi connectivity index (χ0) is 26.6. The summed E-state index contributed by atoms with van der Waals surface area (Å²) in [6, 6.07) is 24.6. The molecule has 0 bridgehead atoms. The third-order valence-corrected chi connectivity index (χ3v) is 8.54. The normalized spacial score (nSPS) is 13.3. The first-order chi connectivity index (χ1) is 19.1. The predicted octanol–water partition coefficient (Wildman–Crippen LogP) is 8.87. The smallest absolute Gasteiger partial charge is 0.166 e. The van der Waals surface area contributed by atoms with Gasteiger partial charge in [-0.15, -0.1) is 10.2 Å². The number of rotatable bonds is 9. The van der Waals surface area contributed by atoms with Crippen molar-refractivity contribution in [1.82, 2.24) is 4.37 Å². The summed E-state index contributed by atoms with van der Waals surface area (Å²) in [6.07, 6.45) is 2.58. The molecule has 39 heavy (non-hydrogen) atoms. The van der Waals surface area contributed by atoms with Crippen LogP contribution in [0, 0.1) is 13.8 Å². The van der Waals surface area contributed by atoms with Gasteiger partial charge in [0.25, 0.3) is 0 Å². The maximum atomic E-state index is 4.47. The Morgan fingerprint density at radius 2 is 1.54 bits per heavy atom. The number of nitrogens with one attached hydrogen (secondary N) is 4. The number of azo groups is 1. The topological polar surface area (TPSA) is 89.0 Å². The number of aryl methyl sites for hydroxylation is 2. The number of hydrazine groups is 2. The van der Waals surface area contributed by atoms with Gasteiger partial charge in [-0.2, -0.15) is 4.37 Å². The standard InChI is InChI=1S/C29H30N8S2/c1-19-18-22(31-34-27-13-14-28(38-27)37-15-5-6-16-37)10-11-24(19)32-30-21-9-12-25(20(2)17-21)33-35-29-23-7-3-4-8-26(23)36-39-29/h3-4,7-14,17-18,30-32,34H,5-6,15-16H2,1-2H3. The van der Waals surface area contributed by atoms with Crippen LogP contribution >= 0.6 is 22.9 Å². The maximum absolute atomic E-state index is 4.47. The highest BCUT2D eigenvalue weighted by atomic mass is 32.1. The molecule has 1 saturated heterocycles. The second-order valence-electron chi connectivity index (χ2n) is 9.57. The van der Waals surface area contributed by atoms with E-state index < -0.39 is 0 Å². The van der Waals surface area contributed by atoms with Gasteiger partial charge < -0.3 is 21.2 Å². The van der Waals surface area contributed by atoms with E-state index in [0.29, 0.717) is 0 Å². The molecule has 3 heterocycles. The molecule has 10 heteroatoms. The summed E-state index contributed by atoms with van der Waals surface area (Å²) in [6.45, 7) is 6.44. The van der Waals surface area contributed by atoms with Gasteiger partial charge in [0.15, 0.2) is 5.00 Å². The van der Waals surface area contributed by atoms with E-state index in [9.17, 15) is 0 Å². The van der Waals surface area contributed by atoms with E-state index >= 15 is 0 Å². The molecule has 1 aliphatic rings. The van der Waals surface area contributed by atoms with E-state index in [0.717, 1.165) is 67.9 Å². The number of nitrogens with zero attached hydrogens (tertiary/aromatic N) is 4. The fourth-order valence-electron chi connectivity index (χ4n) is 4.55. The lowest BCUT2D eigenvalue weighted by Gasteiger charge is -2.15. The summed E-state index contributed by atoms with van der Waals surface area (Å²) >= 11 is 3.15. The van der Waals surface area contributed by atoms with Crippen LogP contribution in [0.4, 0.5) is 37.8 Å². The highest BCUT2D eigenvalue weighted by Crippen LogP contribution is 2.34. The van der Waals surface area contributed by atoms with Crippen LogP contribution in [0.5, 0.6) is 0 Å². The van der Waals surface area contributed by atoms with Crippen molar-refractivity contribution >= 4 is 71.5 Å². The van der Waals surface area contributed by atoms with Crippen LogP contribution in [0.2, 0.25) is 0 Å². The summed E-state index contributed by atoms with van der Waals surface area (Å²) in [5.74, 6) is 0. The van der Waals surface area contributed by atoms with Crippen LogP contribution in [-0.4, -0.2) is 17.5 Å². The highest BCUT2D eigenvalue weighted by Gasteiger charge is 2.14. The molecule has 0 radical (unpaired) electrons. The first kappa shape index (κ1) is 25.1. The van der Waals surface area contributed by atoms with Crippen molar-refractivity contribution < 1.29 is 0 Å². The van der Waals surface area contributed by atoms with Gasteiger partial charge in [0.05, 0.1) is 33.3 Å². The van der Waals surface area contributed by atoms with E-state index in [-0.39, 0.29) is 0 Å². The lowest BCUT2D eigenvalue weighted by atomic mass is 10.2. The van der Waals surface area contributed by atoms with Crippen LogP contribution in [-0.2, 0) is 0 Å². The van der Waals surface area contributed by atoms with Gasteiger partial charge in [0.1, 0.15) is 5.00 Å². The molecule has 8 nitrogen and oxygen atoms in total. The average molecular weight is 555 g/mol. The molecule has 4 N–H and O–H groups in total. The van der Waals surface area contributed by atoms with Gasteiger partial charge in [0, 0.05) is 18.5 Å². The third-order valence-electron chi connectivity index (χ3n) is 6.72. The molecule has 1 aliphatic heterocycles. The number of fused-ring (bicyclic) bond motifs is 1. The van der Waals surface area contributed by atoms with E-state index in [1.165, 1.54) is 29.4 Å². The fraction of sp³-hybridized carbons (Fsp3) is 0.207. The van der Waals surface area contributed by atoms with Crippen molar-refractivity contribution in [2.45, 2.75) is 26.7 Å². The molecular formula is C29H30N8S2. The summed E-state index contributed by atoms with van der Waals surface area (Å²) in [5, 5.41) is 13.2. The van der Waals surface area contributed by atoms with E-state index in [2.05, 4.69) is 84.5 Å². The minimum absolute atomic E-state index is 0.819. The molecule has 198 valence electrons. The molecular weight excluding hydrogens is 525 g/mol. The van der Waals surface area contributed by atoms with Gasteiger partial charge >= 0.3 is 0 Å². The number of aromatic nitrogens is 1. The SMILES string of the molecule is Cc1cc(NNc2ccc(NNc3ccc(N4CCCC4)s3)cc2C)ccc1N=Nc1snc2ccccc12. The number of benzene rings is 3. The van der Waals surface area contributed by atoms with Gasteiger partial charge in [-0.1, -0.05) is 23.5 Å². The Hall–Kier alpha value is -4.15. The Kier molecular flexibility index (Phi) is 7.29. The van der Waals surface area contributed by atoms with Gasteiger partial charge in [-0.25, -0.2) is 0 Å². The molecule has 0 spiro atoms. The number of thiophene rings is 1. The zero-order valence-corrected chi connectivity index (χ0v) is 23.5.